The summed E-state index contributed by atoms with van der Waals surface area (Å²) in [7, 11) is 0. The number of hydrogen-bond acceptors (Lipinski definition) is 2. The van der Waals surface area contributed by atoms with Gasteiger partial charge >= 0.3 is 0 Å². The lowest BCUT2D eigenvalue weighted by molar-refractivity contribution is -0.122. The van der Waals surface area contributed by atoms with Crippen LogP contribution in [0.5, 0.6) is 0 Å². The molecule has 0 fully saturated rings. The molecule has 0 radical (unpaired) electrons. The molecule has 0 amide bonds. The molecule has 0 heterocycles. The average molecular weight is 142 g/mol. The van der Waals surface area contributed by atoms with Crippen LogP contribution in [0.4, 0.5) is 0 Å². The van der Waals surface area contributed by atoms with Gasteiger partial charge in [-0.25, -0.2) is 0 Å². The van der Waals surface area contributed by atoms with Gasteiger partial charge in [-0.3, -0.25) is 4.79 Å². The summed E-state index contributed by atoms with van der Waals surface area (Å²) in [5.74, 6) is -0.190. The molecular weight excluding hydrogens is 128 g/mol. The molecular formula is C8H14O2. The van der Waals surface area contributed by atoms with Crippen LogP contribution in [-0.2, 0) is 4.79 Å². The molecule has 0 bridgehead atoms. The Balaban J connectivity index is 3.70. The van der Waals surface area contributed by atoms with Crippen molar-refractivity contribution in [3.05, 3.63) is 12.2 Å². The van der Waals surface area contributed by atoms with Crippen molar-refractivity contribution in [3.63, 3.8) is 0 Å². The summed E-state index contributed by atoms with van der Waals surface area (Å²) in [4.78, 5) is 10.8. The summed E-state index contributed by atoms with van der Waals surface area (Å²) >= 11 is 0. The van der Waals surface area contributed by atoms with Crippen LogP contribution in [0.25, 0.3) is 0 Å². The van der Waals surface area contributed by atoms with Gasteiger partial charge in [0.05, 0.1) is 0 Å². The Bertz CT molecular complexity index is 127. The van der Waals surface area contributed by atoms with E-state index in [-0.39, 0.29) is 5.78 Å². The molecule has 1 unspecified atom stereocenters. The van der Waals surface area contributed by atoms with Crippen molar-refractivity contribution in [1.29, 1.82) is 0 Å². The average Bonchev–Trinajstić information content (AvgIpc) is 1.89. The maximum Gasteiger partial charge on any atom is 0.183 e. The third kappa shape index (κ3) is 3.41. The van der Waals surface area contributed by atoms with Crippen molar-refractivity contribution in [3.8, 4) is 0 Å². The van der Waals surface area contributed by atoms with Crippen LogP contribution < -0.4 is 0 Å². The molecule has 1 atom stereocenters. The Morgan fingerprint density at radius 1 is 1.70 bits per heavy atom. The summed E-state index contributed by atoms with van der Waals surface area (Å²) in [6.07, 6.45) is 3.65. The third-order valence-corrected chi connectivity index (χ3v) is 1.22. The SMILES string of the molecule is CC=CC(=O)C(O)CCC. The van der Waals surface area contributed by atoms with E-state index >= 15 is 0 Å². The molecule has 0 aliphatic heterocycles. The number of aliphatic hydroxyl groups is 1. The Kier molecular flexibility index (Phi) is 4.85. The van der Waals surface area contributed by atoms with Gasteiger partial charge in [-0.05, 0) is 19.4 Å². The van der Waals surface area contributed by atoms with Crippen molar-refractivity contribution in [2.24, 2.45) is 0 Å². The van der Waals surface area contributed by atoms with Gasteiger partial charge in [0.2, 0.25) is 0 Å². The first-order valence-corrected chi connectivity index (χ1v) is 3.57. The molecule has 0 aromatic heterocycles. The van der Waals surface area contributed by atoms with E-state index in [9.17, 15) is 4.79 Å². The molecule has 0 saturated heterocycles. The number of rotatable bonds is 4. The zero-order valence-corrected chi connectivity index (χ0v) is 6.50. The quantitative estimate of drug-likeness (QED) is 0.600. The van der Waals surface area contributed by atoms with Crippen molar-refractivity contribution in [2.45, 2.75) is 32.8 Å². The van der Waals surface area contributed by atoms with E-state index in [1.54, 1.807) is 13.0 Å². The van der Waals surface area contributed by atoms with Crippen molar-refractivity contribution in [2.75, 3.05) is 0 Å². The molecule has 0 aliphatic carbocycles. The molecule has 1 N–H and O–H groups in total. The van der Waals surface area contributed by atoms with Gasteiger partial charge in [0.25, 0.3) is 0 Å². The van der Waals surface area contributed by atoms with Crippen LogP contribution in [0.15, 0.2) is 12.2 Å². The zero-order valence-electron chi connectivity index (χ0n) is 6.50. The largest absolute Gasteiger partial charge is 0.385 e. The Labute approximate surface area is 61.6 Å². The molecule has 0 rings (SSSR count). The van der Waals surface area contributed by atoms with Crippen LogP contribution in [0.1, 0.15) is 26.7 Å². The van der Waals surface area contributed by atoms with Crippen molar-refractivity contribution >= 4 is 5.78 Å². The summed E-state index contributed by atoms with van der Waals surface area (Å²) in [5, 5.41) is 9.05. The number of ketones is 1. The summed E-state index contributed by atoms with van der Waals surface area (Å²) in [5.41, 5.74) is 0. The fourth-order valence-electron chi connectivity index (χ4n) is 0.691. The van der Waals surface area contributed by atoms with E-state index in [4.69, 9.17) is 5.11 Å². The Hall–Kier alpha value is -0.630. The topological polar surface area (TPSA) is 37.3 Å². The minimum Gasteiger partial charge on any atom is -0.385 e. The lowest BCUT2D eigenvalue weighted by Gasteiger charge is -2.02. The van der Waals surface area contributed by atoms with E-state index in [2.05, 4.69) is 0 Å². The molecule has 0 aromatic rings. The van der Waals surface area contributed by atoms with Crippen LogP contribution in [-0.4, -0.2) is 17.0 Å². The minimum absolute atomic E-state index is 0.190. The third-order valence-electron chi connectivity index (χ3n) is 1.22. The first-order valence-electron chi connectivity index (χ1n) is 3.57. The lowest BCUT2D eigenvalue weighted by atomic mass is 10.1. The summed E-state index contributed by atoms with van der Waals surface area (Å²) < 4.78 is 0. The van der Waals surface area contributed by atoms with Gasteiger partial charge in [-0.15, -0.1) is 0 Å². The molecule has 58 valence electrons. The van der Waals surface area contributed by atoms with Crippen molar-refractivity contribution < 1.29 is 9.90 Å². The molecule has 10 heavy (non-hydrogen) atoms. The monoisotopic (exact) mass is 142 g/mol. The fourth-order valence-corrected chi connectivity index (χ4v) is 0.691. The van der Waals surface area contributed by atoms with E-state index in [0.29, 0.717) is 6.42 Å². The van der Waals surface area contributed by atoms with Crippen LogP contribution in [0, 0.1) is 0 Å². The second kappa shape index (κ2) is 5.18. The van der Waals surface area contributed by atoms with E-state index in [0.717, 1.165) is 6.42 Å². The van der Waals surface area contributed by atoms with Gasteiger partial charge in [0, 0.05) is 0 Å². The predicted octanol–water partition coefficient (Wildman–Crippen LogP) is 1.29. The highest BCUT2D eigenvalue weighted by Gasteiger charge is 2.08. The second-order valence-electron chi connectivity index (χ2n) is 2.21. The van der Waals surface area contributed by atoms with Gasteiger partial charge in [0.15, 0.2) is 5.78 Å². The zero-order chi connectivity index (χ0) is 7.98. The molecule has 0 spiro atoms. The highest BCUT2D eigenvalue weighted by Crippen LogP contribution is 1.97. The summed E-state index contributed by atoms with van der Waals surface area (Å²) in [6, 6.07) is 0. The van der Waals surface area contributed by atoms with E-state index in [1.807, 2.05) is 6.92 Å². The highest BCUT2D eigenvalue weighted by atomic mass is 16.3. The van der Waals surface area contributed by atoms with Gasteiger partial charge < -0.3 is 5.11 Å². The van der Waals surface area contributed by atoms with E-state index < -0.39 is 6.10 Å². The molecule has 0 aromatic carbocycles. The first kappa shape index (κ1) is 9.37. The van der Waals surface area contributed by atoms with Crippen LogP contribution in [0.3, 0.4) is 0 Å². The number of carbonyl (C=O) groups is 1. The predicted molar refractivity (Wildman–Crippen MR) is 40.7 cm³/mol. The van der Waals surface area contributed by atoms with Crippen molar-refractivity contribution in [1.82, 2.24) is 0 Å². The number of aliphatic hydroxyl groups excluding tert-OH is 1. The standard InChI is InChI=1S/C8H14O2/c1-3-5-7(9)8(10)6-4-2/h3,5,8,10H,4,6H2,1-2H3. The maximum atomic E-state index is 10.8. The van der Waals surface area contributed by atoms with Gasteiger partial charge in [0.1, 0.15) is 6.10 Å². The fraction of sp³-hybridized carbons (Fsp3) is 0.625. The first-order chi connectivity index (χ1) is 4.72. The lowest BCUT2D eigenvalue weighted by Crippen LogP contribution is -2.17. The maximum absolute atomic E-state index is 10.8. The molecule has 2 nitrogen and oxygen atoms in total. The van der Waals surface area contributed by atoms with Crippen LogP contribution >= 0.6 is 0 Å². The number of allylic oxidation sites excluding steroid dienone is 1. The van der Waals surface area contributed by atoms with Gasteiger partial charge in [-0.1, -0.05) is 19.4 Å². The minimum atomic E-state index is -0.791. The number of carbonyl (C=O) groups excluding carboxylic acids is 1. The Morgan fingerprint density at radius 3 is 2.70 bits per heavy atom. The van der Waals surface area contributed by atoms with E-state index in [1.165, 1.54) is 6.08 Å². The van der Waals surface area contributed by atoms with Crippen LogP contribution in [0.2, 0.25) is 0 Å². The summed E-state index contributed by atoms with van der Waals surface area (Å²) in [6.45, 7) is 3.70. The smallest absolute Gasteiger partial charge is 0.183 e. The molecule has 2 heteroatoms. The molecule has 0 aliphatic rings. The second-order valence-corrected chi connectivity index (χ2v) is 2.21. The van der Waals surface area contributed by atoms with Gasteiger partial charge in [-0.2, -0.15) is 0 Å². The Morgan fingerprint density at radius 2 is 2.30 bits per heavy atom. The number of hydrogen-bond donors (Lipinski definition) is 1. The highest BCUT2D eigenvalue weighted by molar-refractivity contribution is 5.93. The molecule has 0 saturated carbocycles. The normalized spacial score (nSPS) is 13.9.